The quantitative estimate of drug-likeness (QED) is 0.487. The van der Waals surface area contributed by atoms with Gasteiger partial charge in [0.15, 0.2) is 0 Å². The van der Waals surface area contributed by atoms with Gasteiger partial charge >= 0.3 is 5.69 Å². The van der Waals surface area contributed by atoms with Crippen LogP contribution in [0.3, 0.4) is 0 Å². The zero-order valence-corrected chi connectivity index (χ0v) is 17.6. The van der Waals surface area contributed by atoms with Gasteiger partial charge in [-0.3, -0.25) is 13.9 Å². The maximum absolute atomic E-state index is 12.5. The molecule has 0 spiro atoms. The highest BCUT2D eigenvalue weighted by Gasteiger charge is 2.12. The summed E-state index contributed by atoms with van der Waals surface area (Å²) in [4.78, 5) is 25.0. The summed E-state index contributed by atoms with van der Waals surface area (Å²) >= 11 is 0. The molecular formula is C25H22N4O3. The summed E-state index contributed by atoms with van der Waals surface area (Å²) in [6.07, 6.45) is 0.167. The standard InChI is InChI=1S/C25H22N4O3/c1-28-22-10-2-3-11-23(22)29(25(28)31)13-12-24(30)27-20-8-5-9-21(15-20)32-17-19-7-4-6-18(14-19)16-26/h2-11,14-15H,12-13,17H2,1H3,(H,27,30). The lowest BCUT2D eigenvalue weighted by Gasteiger charge is -2.10. The van der Waals surface area contributed by atoms with Gasteiger partial charge in [-0.15, -0.1) is 0 Å². The maximum Gasteiger partial charge on any atom is 0.328 e. The predicted molar refractivity (Wildman–Crippen MR) is 122 cm³/mol. The number of aryl methyl sites for hydroxylation is 2. The van der Waals surface area contributed by atoms with Gasteiger partial charge in [0.25, 0.3) is 0 Å². The van der Waals surface area contributed by atoms with Gasteiger partial charge in [-0.05, 0) is 42.0 Å². The number of hydrogen-bond donors (Lipinski definition) is 1. The number of aromatic nitrogens is 2. The minimum atomic E-state index is -0.191. The Kier molecular flexibility index (Phi) is 6.04. The second-order valence-corrected chi connectivity index (χ2v) is 7.41. The van der Waals surface area contributed by atoms with Crippen molar-refractivity contribution >= 4 is 22.6 Å². The fourth-order valence-electron chi connectivity index (χ4n) is 3.58. The van der Waals surface area contributed by atoms with Gasteiger partial charge in [-0.25, -0.2) is 4.79 Å². The highest BCUT2D eigenvalue weighted by molar-refractivity contribution is 5.91. The average molecular weight is 426 g/mol. The van der Waals surface area contributed by atoms with E-state index >= 15 is 0 Å². The molecule has 1 N–H and O–H groups in total. The van der Waals surface area contributed by atoms with Crippen LogP contribution in [-0.4, -0.2) is 15.0 Å². The molecule has 7 nitrogen and oxygen atoms in total. The van der Waals surface area contributed by atoms with Crippen molar-refractivity contribution in [2.75, 3.05) is 5.32 Å². The van der Waals surface area contributed by atoms with E-state index < -0.39 is 0 Å². The fourth-order valence-corrected chi connectivity index (χ4v) is 3.58. The molecule has 0 atom stereocenters. The van der Waals surface area contributed by atoms with Crippen LogP contribution in [0.2, 0.25) is 0 Å². The first kappa shape index (κ1) is 20.9. The van der Waals surface area contributed by atoms with Crippen LogP contribution in [0.1, 0.15) is 17.5 Å². The molecule has 3 aromatic carbocycles. The topological polar surface area (TPSA) is 89.1 Å². The number of amides is 1. The first-order chi connectivity index (χ1) is 15.5. The molecule has 4 rings (SSSR count). The zero-order chi connectivity index (χ0) is 22.5. The van der Waals surface area contributed by atoms with Gasteiger partial charge in [-0.1, -0.05) is 30.3 Å². The lowest BCUT2D eigenvalue weighted by atomic mass is 10.1. The van der Waals surface area contributed by atoms with E-state index in [4.69, 9.17) is 10.00 Å². The summed E-state index contributed by atoms with van der Waals surface area (Å²) in [5, 5.41) is 11.9. The summed E-state index contributed by atoms with van der Waals surface area (Å²) in [7, 11) is 1.73. The number of imidazole rings is 1. The first-order valence-electron chi connectivity index (χ1n) is 10.2. The van der Waals surface area contributed by atoms with Gasteiger partial charge in [0, 0.05) is 31.8 Å². The number of carbonyl (C=O) groups is 1. The normalized spacial score (nSPS) is 10.6. The maximum atomic E-state index is 12.5. The van der Waals surface area contributed by atoms with Crippen molar-refractivity contribution in [2.24, 2.45) is 7.05 Å². The second kappa shape index (κ2) is 9.23. The van der Waals surface area contributed by atoms with E-state index in [1.807, 2.05) is 36.4 Å². The van der Waals surface area contributed by atoms with E-state index in [0.717, 1.165) is 16.6 Å². The molecule has 0 saturated heterocycles. The average Bonchev–Trinajstić information content (AvgIpc) is 3.06. The SMILES string of the molecule is Cn1c(=O)n(CCC(=O)Nc2cccc(OCc3cccc(C#N)c3)c2)c2ccccc21. The minimum absolute atomic E-state index is 0.144. The Morgan fingerprint density at radius 3 is 2.62 bits per heavy atom. The van der Waals surface area contributed by atoms with E-state index in [1.54, 1.807) is 52.6 Å². The minimum Gasteiger partial charge on any atom is -0.489 e. The van der Waals surface area contributed by atoms with Gasteiger partial charge in [0.05, 0.1) is 22.7 Å². The van der Waals surface area contributed by atoms with Gasteiger partial charge in [-0.2, -0.15) is 5.26 Å². The molecule has 4 aromatic rings. The first-order valence-corrected chi connectivity index (χ1v) is 10.2. The molecule has 32 heavy (non-hydrogen) atoms. The van der Waals surface area contributed by atoms with Gasteiger partial charge < -0.3 is 10.1 Å². The van der Waals surface area contributed by atoms with Crippen molar-refractivity contribution in [3.8, 4) is 11.8 Å². The number of hydrogen-bond acceptors (Lipinski definition) is 4. The molecule has 7 heteroatoms. The zero-order valence-electron chi connectivity index (χ0n) is 17.6. The molecule has 1 aromatic heterocycles. The third kappa shape index (κ3) is 4.55. The Bertz CT molecular complexity index is 1380. The molecule has 0 aliphatic rings. The van der Waals surface area contributed by atoms with Crippen LogP contribution in [0, 0.1) is 11.3 Å². The number of anilines is 1. The molecule has 0 bridgehead atoms. The van der Waals surface area contributed by atoms with Crippen molar-refractivity contribution in [2.45, 2.75) is 19.6 Å². The second-order valence-electron chi connectivity index (χ2n) is 7.41. The van der Waals surface area contributed by atoms with E-state index in [1.165, 1.54) is 0 Å². The van der Waals surface area contributed by atoms with Gasteiger partial charge in [0.1, 0.15) is 12.4 Å². The van der Waals surface area contributed by atoms with Crippen LogP contribution < -0.4 is 15.7 Å². The molecule has 0 aliphatic heterocycles. The molecule has 1 heterocycles. The molecule has 1 amide bonds. The summed E-state index contributed by atoms with van der Waals surface area (Å²) in [6, 6.07) is 24.0. The summed E-state index contributed by atoms with van der Waals surface area (Å²) < 4.78 is 9.00. The Hall–Kier alpha value is -4.31. The van der Waals surface area contributed by atoms with E-state index in [9.17, 15) is 9.59 Å². The number of nitrogens with zero attached hydrogens (tertiary/aromatic N) is 3. The Morgan fingerprint density at radius 1 is 1.03 bits per heavy atom. The van der Waals surface area contributed by atoms with Crippen LogP contribution in [0.4, 0.5) is 5.69 Å². The van der Waals surface area contributed by atoms with Crippen molar-refractivity contribution in [3.63, 3.8) is 0 Å². The van der Waals surface area contributed by atoms with Crippen molar-refractivity contribution in [1.82, 2.24) is 9.13 Å². The molecule has 0 fully saturated rings. The highest BCUT2D eigenvalue weighted by Crippen LogP contribution is 2.19. The van der Waals surface area contributed by atoms with Crippen LogP contribution in [0.15, 0.2) is 77.6 Å². The molecule has 0 aliphatic carbocycles. The number of carbonyl (C=O) groups excluding carboxylic acids is 1. The summed E-state index contributed by atoms with van der Waals surface area (Å²) in [6.45, 7) is 0.606. The third-order valence-electron chi connectivity index (χ3n) is 5.19. The van der Waals surface area contributed by atoms with E-state index in [2.05, 4.69) is 11.4 Å². The molecule has 160 valence electrons. The van der Waals surface area contributed by atoms with Gasteiger partial charge in [0.2, 0.25) is 5.91 Å². The van der Waals surface area contributed by atoms with E-state index in [-0.39, 0.29) is 24.6 Å². The highest BCUT2D eigenvalue weighted by atomic mass is 16.5. The third-order valence-corrected chi connectivity index (χ3v) is 5.19. The van der Waals surface area contributed by atoms with E-state index in [0.29, 0.717) is 23.6 Å². The summed E-state index contributed by atoms with van der Waals surface area (Å²) in [5.74, 6) is 0.416. The lowest BCUT2D eigenvalue weighted by molar-refractivity contribution is -0.116. The number of para-hydroxylation sites is 2. The number of ether oxygens (including phenoxy) is 1. The van der Waals surface area contributed by atoms with Crippen LogP contribution in [0.25, 0.3) is 11.0 Å². The lowest BCUT2D eigenvalue weighted by Crippen LogP contribution is -2.24. The van der Waals surface area contributed by atoms with Crippen molar-refractivity contribution < 1.29 is 9.53 Å². The number of fused-ring (bicyclic) bond motifs is 1. The Balaban J connectivity index is 1.37. The van der Waals surface area contributed by atoms with Crippen LogP contribution in [0.5, 0.6) is 5.75 Å². The molecule has 0 unspecified atom stereocenters. The largest absolute Gasteiger partial charge is 0.489 e. The number of rotatable bonds is 7. The number of benzene rings is 3. The predicted octanol–water partition coefficient (Wildman–Crippen LogP) is 3.82. The molecule has 0 saturated carbocycles. The van der Waals surface area contributed by atoms with Crippen molar-refractivity contribution in [3.05, 3.63) is 94.4 Å². The Labute approximate surface area is 185 Å². The fraction of sp³-hybridized carbons (Fsp3) is 0.160. The Morgan fingerprint density at radius 2 is 1.81 bits per heavy atom. The molecular weight excluding hydrogens is 404 g/mol. The van der Waals surface area contributed by atoms with Crippen molar-refractivity contribution in [1.29, 1.82) is 5.26 Å². The van der Waals surface area contributed by atoms with Crippen LogP contribution in [-0.2, 0) is 25.0 Å². The number of nitrogens with one attached hydrogen (secondary N) is 1. The summed E-state index contributed by atoms with van der Waals surface area (Å²) in [5.41, 5.74) is 3.58. The molecule has 0 radical (unpaired) electrons. The monoisotopic (exact) mass is 426 g/mol. The number of nitriles is 1. The smallest absolute Gasteiger partial charge is 0.328 e. The van der Waals surface area contributed by atoms with Crippen LogP contribution >= 0.6 is 0 Å².